The predicted molar refractivity (Wildman–Crippen MR) is 300 cm³/mol. The number of hydroxylamine groups is 3. The minimum absolute atomic E-state index is 0.0189. The molecule has 30 atom stereocenters. The molecule has 530 valence electrons. The molecule has 0 radical (unpaired) electrons. The molecule has 37 nitrogen and oxygen atoms in total. The molecule has 0 bridgehead atoms. The number of hydrogen-bond acceptors (Lipinski definition) is 34. The maximum absolute atomic E-state index is 12.1. The first-order chi connectivity index (χ1) is 41.9. The monoisotopic (exact) mass is 1390 g/mol. The quantitative estimate of drug-likeness (QED) is 0.0177. The van der Waals surface area contributed by atoms with Gasteiger partial charge in [0.25, 0.3) is 0 Å². The highest BCUT2D eigenvalue weighted by atomic mass is 32.3. The Hall–Kier alpha value is -1.36. The van der Waals surface area contributed by atoms with E-state index in [2.05, 4.69) is 18.3 Å². The van der Waals surface area contributed by atoms with Crippen LogP contribution in [0.1, 0.15) is 101 Å². The number of nitrogens with two attached hydrogens (primary N) is 1. The van der Waals surface area contributed by atoms with Crippen LogP contribution in [0.2, 0.25) is 0 Å². The Morgan fingerprint density at radius 3 is 1.08 bits per heavy atom. The molecule has 90 heavy (non-hydrogen) atoms. The van der Waals surface area contributed by atoms with E-state index in [1.165, 1.54) is 27.7 Å². The van der Waals surface area contributed by atoms with E-state index < -0.39 is 225 Å². The Morgan fingerprint density at radius 2 is 0.722 bits per heavy atom. The second kappa shape index (κ2) is 33.3. The number of ether oxygens (including phenoxy) is 12. The van der Waals surface area contributed by atoms with Crippen LogP contribution < -0.4 is 22.2 Å². The minimum atomic E-state index is -5.30. The van der Waals surface area contributed by atoms with Crippen LogP contribution in [0, 0.1) is 17.8 Å². The second-order valence-corrected chi connectivity index (χ2v) is 28.7. The highest BCUT2D eigenvalue weighted by Crippen LogP contribution is 2.40. The molecule has 0 amide bonds. The van der Waals surface area contributed by atoms with Gasteiger partial charge in [-0.2, -0.15) is 54.5 Å². The Balaban J connectivity index is 1.12. The Morgan fingerprint density at radius 1 is 0.389 bits per heavy atom. The number of unbranched alkanes of at least 4 members (excludes halogenated alkanes) is 2. The highest BCUT2D eigenvalue weighted by molar-refractivity contribution is 7.91. The molecule has 15 N–H and O–H groups in total. The summed E-state index contributed by atoms with van der Waals surface area (Å²) in [6, 6.07) is -5.19. The first kappa shape index (κ1) is 77.6. The molecule has 0 aromatic carbocycles. The average molecular weight is 1390 g/mol. The SMILES string of the molecule is CCC1O[C@@H](O[C@H]2C(C)O[C@@H](O[C@@H]3C(CC)O[C@H](O[C@@H]4C(C)O[C@@H](O[C@@H]5C(CC)O[C@H](O[C@@H]6C(C)O[C@@H](OCCCCCS(=O)(=O)CCN)C(C)[C@@H]6O)C(NOS(=O)(=O)O)[C@H]5O)C(C)[C@@H]4O)C(NOS(=O)(=O)O)[C@H]3O)C(C)[C@@H]2O)C(NOS(=O)(=O)O)[C@@H](O)[C@@H]1O. The normalized spacial score (nSPS) is 43.5. The lowest BCUT2D eigenvalue weighted by Crippen LogP contribution is -2.68. The predicted octanol–water partition coefficient (Wildman–Crippen LogP) is -4.38. The van der Waals surface area contributed by atoms with Crippen molar-refractivity contribution >= 4 is 41.0 Å². The molecule has 6 aliphatic rings. The van der Waals surface area contributed by atoms with Crippen molar-refractivity contribution in [1.29, 1.82) is 0 Å². The third-order valence-electron chi connectivity index (χ3n) is 16.7. The van der Waals surface area contributed by atoms with Crippen molar-refractivity contribution in [3.8, 4) is 0 Å². The third kappa shape index (κ3) is 20.4. The fourth-order valence-electron chi connectivity index (χ4n) is 11.6. The van der Waals surface area contributed by atoms with Gasteiger partial charge in [0.15, 0.2) is 47.6 Å². The molecule has 6 fully saturated rings. The molecule has 0 aromatic rings. The molecular weight excluding hydrogens is 1300 g/mol. The lowest BCUT2D eigenvalue weighted by Gasteiger charge is -2.51. The second-order valence-electron chi connectivity index (χ2n) is 23.3. The average Bonchev–Trinajstić information content (AvgIpc) is 0.790. The lowest BCUT2D eigenvalue weighted by atomic mass is 9.90. The molecule has 6 aliphatic heterocycles. The van der Waals surface area contributed by atoms with Crippen LogP contribution in [0.25, 0.3) is 0 Å². The summed E-state index contributed by atoms with van der Waals surface area (Å²) in [4.78, 5) is 0. The fraction of sp³-hybridized carbons (Fsp3) is 1.00. The molecular formula is C49H92N4O33S4. The first-order valence-corrected chi connectivity index (χ1v) is 35.6. The standard InChI is InChI=1S/C49H92N4O33S4/c1-10-26-35(57)36(58)29(51-84-88(63,64)65)47(76-26)79-40-24(8)74-45(21(5)33(40)55)82-43-28(12-3)78-49(31(38(43)60)53-86-90(69,70)71)81-41-25(9)75-46(22(6)34(41)56)83-42-27(11-2)77-48(30(37(42)59)52-85-89(66,67)68)80-39-23(7)73-44(20(4)32(39)54)72-17-14-13-15-18-87(61,62)19-16-50/h20-49,51-60H,10-19,50H2,1-9H3,(H,63,64,65)(H,66,67,68)(H,69,70,71)/t20?,21?,22?,23?,24?,25?,26?,27?,28?,29?,30?,31?,32-,33-,34-,35+,36+,37+,38+,39+,40-,41+,42+,43+,44+,45-,46-,47-,48+,49+/m0/s1. The van der Waals surface area contributed by atoms with Gasteiger partial charge in [0.1, 0.15) is 73.1 Å². The van der Waals surface area contributed by atoms with Gasteiger partial charge in [-0.05, 0) is 52.9 Å². The van der Waals surface area contributed by atoms with Crippen LogP contribution in [-0.4, -0.2) is 273 Å². The van der Waals surface area contributed by atoms with Gasteiger partial charge in [-0.1, -0.05) is 48.0 Å². The van der Waals surface area contributed by atoms with Crippen LogP contribution in [0.15, 0.2) is 0 Å². The van der Waals surface area contributed by atoms with Crippen molar-refractivity contribution in [2.45, 2.75) is 267 Å². The zero-order valence-corrected chi connectivity index (χ0v) is 54.2. The summed E-state index contributed by atoms with van der Waals surface area (Å²) in [5, 5.41) is 80.8. The van der Waals surface area contributed by atoms with Crippen LogP contribution in [0.3, 0.4) is 0 Å². The molecule has 0 aromatic heterocycles. The fourth-order valence-corrected chi connectivity index (χ4v) is 13.5. The summed E-state index contributed by atoms with van der Waals surface area (Å²) in [6.07, 6.45) is -32.2. The number of sulfone groups is 1. The van der Waals surface area contributed by atoms with Crippen molar-refractivity contribution in [2.75, 3.05) is 24.7 Å². The van der Waals surface area contributed by atoms with E-state index in [-0.39, 0.29) is 43.9 Å². The summed E-state index contributed by atoms with van der Waals surface area (Å²) in [6.45, 7) is 14.1. The Kier molecular flexibility index (Phi) is 28.7. The van der Waals surface area contributed by atoms with Gasteiger partial charge >= 0.3 is 31.2 Å². The van der Waals surface area contributed by atoms with Crippen LogP contribution >= 0.6 is 0 Å². The van der Waals surface area contributed by atoms with E-state index in [0.29, 0.717) is 19.3 Å². The van der Waals surface area contributed by atoms with Crippen molar-refractivity contribution < 1.29 is 153 Å². The lowest BCUT2D eigenvalue weighted by molar-refractivity contribution is -0.375. The van der Waals surface area contributed by atoms with Gasteiger partial charge in [-0.3, -0.25) is 13.7 Å². The summed E-state index contributed by atoms with van der Waals surface area (Å²) in [5.41, 5.74) is 11.4. The van der Waals surface area contributed by atoms with Crippen LogP contribution in [-0.2, 0) is 111 Å². The summed E-state index contributed by atoms with van der Waals surface area (Å²) < 4.78 is 210. The number of nitrogens with one attached hydrogen (secondary N) is 3. The number of aliphatic hydroxyl groups excluding tert-OH is 7. The molecule has 0 saturated carbocycles. The third-order valence-corrected chi connectivity index (χ3v) is 19.4. The van der Waals surface area contributed by atoms with Gasteiger partial charge in [0.05, 0.1) is 66.4 Å². The van der Waals surface area contributed by atoms with E-state index in [0.717, 1.165) is 0 Å². The number of rotatable bonds is 31. The van der Waals surface area contributed by atoms with Gasteiger partial charge < -0.3 is 98.3 Å². The van der Waals surface area contributed by atoms with E-state index in [1.54, 1.807) is 34.6 Å². The zero-order valence-electron chi connectivity index (χ0n) is 51.0. The molecule has 6 rings (SSSR count). The van der Waals surface area contributed by atoms with Crippen LogP contribution in [0.4, 0.5) is 0 Å². The van der Waals surface area contributed by atoms with Gasteiger partial charge in [-0.15, -0.1) is 0 Å². The largest absolute Gasteiger partial charge is 0.413 e. The van der Waals surface area contributed by atoms with E-state index >= 15 is 0 Å². The summed E-state index contributed by atoms with van der Waals surface area (Å²) >= 11 is 0. The number of aliphatic hydroxyl groups is 7. The number of hydrogen-bond donors (Lipinski definition) is 14. The topological polar surface area (TPSA) is 539 Å². The molecule has 6 heterocycles. The molecule has 0 aliphatic carbocycles. The maximum Gasteiger partial charge on any atom is 0.413 e. The maximum atomic E-state index is 12.1. The van der Waals surface area contributed by atoms with Gasteiger partial charge in [0, 0.05) is 30.9 Å². The molecule has 12 unspecified atom stereocenters. The highest BCUT2D eigenvalue weighted by Gasteiger charge is 2.57. The zero-order chi connectivity index (χ0) is 67.1. The van der Waals surface area contributed by atoms with Crippen molar-refractivity contribution in [3.05, 3.63) is 0 Å². The van der Waals surface area contributed by atoms with Crippen molar-refractivity contribution in [2.24, 2.45) is 23.5 Å². The van der Waals surface area contributed by atoms with E-state index in [4.69, 9.17) is 62.6 Å². The van der Waals surface area contributed by atoms with E-state index in [1.807, 2.05) is 11.0 Å². The summed E-state index contributed by atoms with van der Waals surface area (Å²) in [7, 11) is -18.9. The van der Waals surface area contributed by atoms with E-state index in [9.17, 15) is 83.1 Å². The van der Waals surface area contributed by atoms with Crippen molar-refractivity contribution in [1.82, 2.24) is 16.4 Å². The minimum Gasteiger partial charge on any atom is -0.390 e. The van der Waals surface area contributed by atoms with Gasteiger partial charge in [-0.25, -0.2) is 8.42 Å². The summed E-state index contributed by atoms with van der Waals surface area (Å²) in [5.74, 6) is -3.04. The Labute approximate surface area is 522 Å². The molecule has 6 saturated heterocycles. The van der Waals surface area contributed by atoms with Gasteiger partial charge in [0.2, 0.25) is 0 Å². The van der Waals surface area contributed by atoms with Crippen molar-refractivity contribution in [3.63, 3.8) is 0 Å². The smallest absolute Gasteiger partial charge is 0.390 e. The first-order valence-electron chi connectivity index (χ1n) is 29.7. The Bertz CT molecular complexity index is 2680. The van der Waals surface area contributed by atoms with Crippen LogP contribution in [0.5, 0.6) is 0 Å². The molecule has 0 spiro atoms. The molecule has 41 heteroatoms.